The number of esters is 1. The molecule has 1 aromatic rings. The van der Waals surface area contributed by atoms with Gasteiger partial charge in [0, 0.05) is 6.42 Å². The molecule has 4 heteroatoms. The summed E-state index contributed by atoms with van der Waals surface area (Å²) in [7, 11) is 1.35. The number of fused-ring (bicyclic) bond motifs is 1. The Morgan fingerprint density at radius 3 is 2.94 bits per heavy atom. The summed E-state index contributed by atoms with van der Waals surface area (Å²) >= 11 is 0. The highest BCUT2D eigenvalue weighted by Crippen LogP contribution is 2.35. The van der Waals surface area contributed by atoms with Crippen LogP contribution in [0.4, 0.5) is 0 Å². The summed E-state index contributed by atoms with van der Waals surface area (Å²) in [6.07, 6.45) is 1.37. The summed E-state index contributed by atoms with van der Waals surface area (Å²) in [6, 6.07) is 5.35. The Morgan fingerprint density at radius 1 is 1.56 bits per heavy atom. The topological polar surface area (TPSA) is 61.5 Å². The van der Waals surface area contributed by atoms with Crippen LogP contribution in [0.25, 0.3) is 0 Å². The van der Waals surface area contributed by atoms with Crippen LogP contribution in [-0.4, -0.2) is 24.7 Å². The summed E-state index contributed by atoms with van der Waals surface area (Å²) in [4.78, 5) is 11.3. The zero-order valence-electron chi connectivity index (χ0n) is 11.0. The third-order valence-electron chi connectivity index (χ3n) is 3.09. The standard InChI is InChI=1S/C14H19NO3/c1-14(2)8-10-6-9(4-5-12(10)18-14)7-11(15)13(16)17-3/h4-6,11H,7-8,15H2,1-3H3. The van der Waals surface area contributed by atoms with E-state index >= 15 is 0 Å². The first-order valence-corrected chi connectivity index (χ1v) is 6.05. The minimum atomic E-state index is -0.608. The van der Waals surface area contributed by atoms with Gasteiger partial charge in [0.05, 0.1) is 7.11 Å². The average molecular weight is 249 g/mol. The maximum Gasteiger partial charge on any atom is 0.322 e. The van der Waals surface area contributed by atoms with Gasteiger partial charge < -0.3 is 15.2 Å². The van der Waals surface area contributed by atoms with Gasteiger partial charge in [-0.15, -0.1) is 0 Å². The van der Waals surface area contributed by atoms with Gasteiger partial charge in [0.25, 0.3) is 0 Å². The van der Waals surface area contributed by atoms with Gasteiger partial charge in [-0.3, -0.25) is 4.79 Å². The molecule has 2 N–H and O–H groups in total. The van der Waals surface area contributed by atoms with Crippen molar-refractivity contribution in [3.05, 3.63) is 29.3 Å². The van der Waals surface area contributed by atoms with Crippen molar-refractivity contribution in [2.75, 3.05) is 7.11 Å². The molecule has 0 saturated carbocycles. The monoisotopic (exact) mass is 249 g/mol. The number of rotatable bonds is 3. The lowest BCUT2D eigenvalue weighted by Gasteiger charge is -2.16. The van der Waals surface area contributed by atoms with Gasteiger partial charge in [0.1, 0.15) is 17.4 Å². The number of carbonyl (C=O) groups is 1. The van der Waals surface area contributed by atoms with Crippen molar-refractivity contribution >= 4 is 5.97 Å². The van der Waals surface area contributed by atoms with Crippen LogP contribution in [0.5, 0.6) is 5.75 Å². The summed E-state index contributed by atoms with van der Waals surface area (Å²) in [5, 5.41) is 0. The van der Waals surface area contributed by atoms with Crippen molar-refractivity contribution in [3.8, 4) is 5.75 Å². The molecule has 1 atom stereocenters. The van der Waals surface area contributed by atoms with Gasteiger partial charge in [-0.25, -0.2) is 0 Å². The van der Waals surface area contributed by atoms with Crippen molar-refractivity contribution < 1.29 is 14.3 Å². The normalized spacial score (nSPS) is 17.8. The molecule has 1 unspecified atom stereocenters. The number of ether oxygens (including phenoxy) is 2. The lowest BCUT2D eigenvalue weighted by atomic mass is 9.98. The summed E-state index contributed by atoms with van der Waals surface area (Å²) in [6.45, 7) is 4.12. The van der Waals surface area contributed by atoms with E-state index in [1.165, 1.54) is 12.7 Å². The molecule has 0 bridgehead atoms. The number of benzene rings is 1. The Bertz CT molecular complexity index is 468. The first-order valence-electron chi connectivity index (χ1n) is 6.05. The highest BCUT2D eigenvalue weighted by atomic mass is 16.5. The van der Waals surface area contributed by atoms with Gasteiger partial charge in [-0.1, -0.05) is 12.1 Å². The zero-order valence-corrected chi connectivity index (χ0v) is 11.0. The molecular weight excluding hydrogens is 230 g/mol. The van der Waals surface area contributed by atoms with Gasteiger partial charge in [-0.2, -0.15) is 0 Å². The van der Waals surface area contributed by atoms with E-state index in [0.29, 0.717) is 6.42 Å². The van der Waals surface area contributed by atoms with E-state index in [1.54, 1.807) is 0 Å². The van der Waals surface area contributed by atoms with Crippen molar-refractivity contribution in [3.63, 3.8) is 0 Å². The van der Waals surface area contributed by atoms with Crippen LogP contribution in [0.1, 0.15) is 25.0 Å². The van der Waals surface area contributed by atoms with Gasteiger partial charge >= 0.3 is 5.97 Å². The van der Waals surface area contributed by atoms with E-state index in [0.717, 1.165) is 17.7 Å². The predicted octanol–water partition coefficient (Wildman–Crippen LogP) is 1.44. The molecule has 0 aromatic heterocycles. The van der Waals surface area contributed by atoms with E-state index in [2.05, 4.69) is 24.7 Å². The second kappa shape index (κ2) is 4.61. The third-order valence-corrected chi connectivity index (χ3v) is 3.09. The fraction of sp³-hybridized carbons (Fsp3) is 0.500. The van der Waals surface area contributed by atoms with E-state index in [9.17, 15) is 4.79 Å². The van der Waals surface area contributed by atoms with Gasteiger partial charge in [0.15, 0.2) is 0 Å². The average Bonchev–Trinajstić information content (AvgIpc) is 2.61. The van der Waals surface area contributed by atoms with Crippen LogP contribution < -0.4 is 10.5 Å². The fourth-order valence-electron chi connectivity index (χ4n) is 2.28. The van der Waals surface area contributed by atoms with Gasteiger partial charge in [0.2, 0.25) is 0 Å². The maximum absolute atomic E-state index is 11.3. The lowest BCUT2D eigenvalue weighted by Crippen LogP contribution is -2.33. The smallest absolute Gasteiger partial charge is 0.322 e. The number of methoxy groups -OCH3 is 1. The lowest BCUT2D eigenvalue weighted by molar-refractivity contribution is -0.142. The molecule has 0 radical (unpaired) electrons. The molecule has 18 heavy (non-hydrogen) atoms. The summed E-state index contributed by atoms with van der Waals surface area (Å²) in [5.41, 5.74) is 7.82. The molecule has 1 aliphatic rings. The molecule has 0 saturated heterocycles. The largest absolute Gasteiger partial charge is 0.487 e. The van der Waals surface area contributed by atoms with Crippen molar-refractivity contribution in [1.29, 1.82) is 0 Å². The van der Waals surface area contributed by atoms with Crippen LogP contribution >= 0.6 is 0 Å². The molecule has 0 aliphatic carbocycles. The van der Waals surface area contributed by atoms with Crippen LogP contribution in [-0.2, 0) is 22.4 Å². The molecule has 1 aliphatic heterocycles. The number of hydrogen-bond acceptors (Lipinski definition) is 4. The van der Waals surface area contributed by atoms with E-state index in [-0.39, 0.29) is 11.6 Å². The predicted molar refractivity (Wildman–Crippen MR) is 68.5 cm³/mol. The molecular formula is C14H19NO3. The second-order valence-corrected chi connectivity index (χ2v) is 5.31. The Hall–Kier alpha value is -1.55. The Kier molecular flexibility index (Phi) is 3.30. The highest BCUT2D eigenvalue weighted by Gasteiger charge is 2.30. The molecule has 1 aromatic carbocycles. The second-order valence-electron chi connectivity index (χ2n) is 5.31. The SMILES string of the molecule is COC(=O)C(N)Cc1ccc2c(c1)CC(C)(C)O2. The summed E-state index contributed by atoms with van der Waals surface area (Å²) < 4.78 is 10.4. The molecule has 0 amide bonds. The molecule has 2 rings (SSSR count). The van der Waals surface area contributed by atoms with Crippen LogP contribution in [0, 0.1) is 0 Å². The van der Waals surface area contributed by atoms with Gasteiger partial charge in [-0.05, 0) is 37.5 Å². The first-order chi connectivity index (χ1) is 8.41. The van der Waals surface area contributed by atoms with E-state index < -0.39 is 6.04 Å². The molecule has 4 nitrogen and oxygen atoms in total. The Morgan fingerprint density at radius 2 is 2.28 bits per heavy atom. The van der Waals surface area contributed by atoms with Crippen LogP contribution in [0.2, 0.25) is 0 Å². The molecule has 0 fully saturated rings. The van der Waals surface area contributed by atoms with Crippen LogP contribution in [0.15, 0.2) is 18.2 Å². The quantitative estimate of drug-likeness (QED) is 0.823. The minimum Gasteiger partial charge on any atom is -0.487 e. The molecule has 98 valence electrons. The number of hydrogen-bond donors (Lipinski definition) is 1. The Labute approximate surface area is 107 Å². The fourth-order valence-corrected chi connectivity index (χ4v) is 2.28. The molecule has 0 spiro atoms. The summed E-state index contributed by atoms with van der Waals surface area (Å²) in [5.74, 6) is 0.544. The van der Waals surface area contributed by atoms with E-state index in [4.69, 9.17) is 10.5 Å². The highest BCUT2D eigenvalue weighted by molar-refractivity contribution is 5.75. The van der Waals surface area contributed by atoms with Crippen molar-refractivity contribution in [1.82, 2.24) is 0 Å². The molecule has 1 heterocycles. The van der Waals surface area contributed by atoms with E-state index in [1.807, 2.05) is 12.1 Å². The maximum atomic E-state index is 11.3. The first kappa shape index (κ1) is 12.9. The van der Waals surface area contributed by atoms with Crippen molar-refractivity contribution in [2.24, 2.45) is 5.73 Å². The van der Waals surface area contributed by atoms with Crippen LogP contribution in [0.3, 0.4) is 0 Å². The third kappa shape index (κ3) is 2.64. The number of carbonyl (C=O) groups excluding carboxylic acids is 1. The Balaban J connectivity index is 2.12. The minimum absolute atomic E-state index is 0.147. The number of nitrogens with two attached hydrogens (primary N) is 1. The van der Waals surface area contributed by atoms with Crippen molar-refractivity contribution in [2.45, 2.75) is 38.3 Å². The zero-order chi connectivity index (χ0) is 13.3.